The highest BCUT2D eigenvalue weighted by Crippen LogP contribution is 2.25. The summed E-state index contributed by atoms with van der Waals surface area (Å²) in [6, 6.07) is 7.42. The molecule has 100 valence electrons. The van der Waals surface area contributed by atoms with Crippen molar-refractivity contribution < 1.29 is 8.78 Å². The minimum Gasteiger partial charge on any atom is -0.370 e. The molecule has 0 unspecified atom stereocenters. The molecule has 0 atom stereocenters. The van der Waals surface area contributed by atoms with E-state index in [0.717, 1.165) is 18.7 Å². The van der Waals surface area contributed by atoms with Crippen LogP contribution in [0, 0.1) is 11.6 Å². The number of nitrogens with zero attached hydrogens (tertiary/aromatic N) is 1. The first-order valence-electron chi connectivity index (χ1n) is 5.72. The Hall–Kier alpha value is -1.69. The summed E-state index contributed by atoms with van der Waals surface area (Å²) in [4.78, 5) is 4.23. The van der Waals surface area contributed by atoms with Crippen molar-refractivity contribution in [2.45, 2.75) is 6.92 Å². The Morgan fingerprint density at radius 3 is 2.63 bits per heavy atom. The summed E-state index contributed by atoms with van der Waals surface area (Å²) in [6.45, 7) is 2.68. The molecule has 0 radical (unpaired) electrons. The quantitative estimate of drug-likeness (QED) is 0.822. The average Bonchev–Trinajstić information content (AvgIpc) is 2.37. The highest BCUT2D eigenvalue weighted by atomic mass is 79.9. The van der Waals surface area contributed by atoms with E-state index in [1.54, 1.807) is 18.2 Å². The fourth-order valence-corrected chi connectivity index (χ4v) is 1.86. The maximum absolute atomic E-state index is 13.7. The molecule has 0 spiro atoms. The fourth-order valence-electron chi connectivity index (χ4n) is 1.54. The van der Waals surface area contributed by atoms with Gasteiger partial charge in [-0.1, -0.05) is 6.07 Å². The van der Waals surface area contributed by atoms with Crippen molar-refractivity contribution in [3.63, 3.8) is 0 Å². The molecule has 2 N–H and O–H groups in total. The Kier molecular flexibility index (Phi) is 4.31. The smallest absolute Gasteiger partial charge is 0.148 e. The van der Waals surface area contributed by atoms with Gasteiger partial charge in [0.15, 0.2) is 0 Å². The highest BCUT2D eigenvalue weighted by molar-refractivity contribution is 9.10. The lowest BCUT2D eigenvalue weighted by Crippen LogP contribution is -2.02. The second-order valence-electron chi connectivity index (χ2n) is 3.81. The Bertz CT molecular complexity index is 590. The van der Waals surface area contributed by atoms with Crippen LogP contribution >= 0.6 is 15.9 Å². The minimum atomic E-state index is -0.552. The largest absolute Gasteiger partial charge is 0.370 e. The Balaban J connectivity index is 2.25. The summed E-state index contributed by atoms with van der Waals surface area (Å²) in [6.07, 6.45) is 0. The summed E-state index contributed by atoms with van der Waals surface area (Å²) in [7, 11) is 0. The molecule has 0 aliphatic carbocycles. The Morgan fingerprint density at radius 1 is 1.16 bits per heavy atom. The van der Waals surface area contributed by atoms with E-state index in [9.17, 15) is 8.78 Å². The molecule has 6 heteroatoms. The number of hydrogen-bond acceptors (Lipinski definition) is 3. The standard InChI is InChI=1S/C13H12BrF2N3/c1-2-17-12-4-3-5-13(19-12)18-11-7-9(15)8(14)6-10(11)16/h3-7H,2H2,1H3,(H2,17,18,19). The SMILES string of the molecule is CCNc1cccc(Nc2cc(F)c(Br)cc2F)n1. The van der Waals surface area contributed by atoms with E-state index in [2.05, 4.69) is 31.5 Å². The van der Waals surface area contributed by atoms with Crippen LogP contribution in [0.4, 0.5) is 26.1 Å². The third-order valence-corrected chi connectivity index (χ3v) is 2.99. The molecule has 1 heterocycles. The molecule has 2 rings (SSSR count). The third-order valence-electron chi connectivity index (χ3n) is 2.38. The van der Waals surface area contributed by atoms with E-state index in [4.69, 9.17) is 0 Å². The zero-order valence-electron chi connectivity index (χ0n) is 10.2. The van der Waals surface area contributed by atoms with E-state index in [-0.39, 0.29) is 10.2 Å². The highest BCUT2D eigenvalue weighted by Gasteiger charge is 2.09. The first-order chi connectivity index (χ1) is 9.10. The van der Waals surface area contributed by atoms with Crippen molar-refractivity contribution in [2.75, 3.05) is 17.2 Å². The summed E-state index contributed by atoms with van der Waals surface area (Å²) in [5, 5.41) is 5.79. The molecular formula is C13H12BrF2N3. The molecule has 0 aliphatic rings. The van der Waals surface area contributed by atoms with Gasteiger partial charge in [-0.2, -0.15) is 0 Å². The van der Waals surface area contributed by atoms with Gasteiger partial charge in [0, 0.05) is 12.6 Å². The van der Waals surface area contributed by atoms with Crippen molar-refractivity contribution in [3.05, 3.63) is 46.4 Å². The number of aromatic nitrogens is 1. The van der Waals surface area contributed by atoms with Gasteiger partial charge < -0.3 is 10.6 Å². The van der Waals surface area contributed by atoms with Crippen molar-refractivity contribution in [2.24, 2.45) is 0 Å². The van der Waals surface area contributed by atoms with E-state index < -0.39 is 11.6 Å². The third kappa shape index (κ3) is 3.41. The zero-order chi connectivity index (χ0) is 13.8. The molecule has 0 aliphatic heterocycles. The molecule has 1 aromatic carbocycles. The Morgan fingerprint density at radius 2 is 1.89 bits per heavy atom. The first-order valence-corrected chi connectivity index (χ1v) is 6.52. The molecule has 0 amide bonds. The second-order valence-corrected chi connectivity index (χ2v) is 4.66. The minimum absolute atomic E-state index is 0.0434. The molecule has 2 aromatic rings. The zero-order valence-corrected chi connectivity index (χ0v) is 11.8. The maximum Gasteiger partial charge on any atom is 0.148 e. The van der Waals surface area contributed by atoms with Gasteiger partial charge in [0.2, 0.25) is 0 Å². The summed E-state index contributed by atoms with van der Waals surface area (Å²) in [5.41, 5.74) is 0.0434. The van der Waals surface area contributed by atoms with Gasteiger partial charge >= 0.3 is 0 Å². The monoisotopic (exact) mass is 327 g/mol. The van der Waals surface area contributed by atoms with Crippen LogP contribution in [-0.2, 0) is 0 Å². The summed E-state index contributed by atoms with van der Waals surface area (Å²) < 4.78 is 27.1. The van der Waals surface area contributed by atoms with Crippen molar-refractivity contribution >= 4 is 33.3 Å². The molecule has 1 aromatic heterocycles. The lowest BCUT2D eigenvalue weighted by atomic mass is 10.3. The molecule has 0 fully saturated rings. The van der Waals surface area contributed by atoms with Crippen LogP contribution in [0.3, 0.4) is 0 Å². The van der Waals surface area contributed by atoms with Crippen LogP contribution in [0.2, 0.25) is 0 Å². The average molecular weight is 328 g/mol. The maximum atomic E-state index is 13.7. The predicted molar refractivity (Wildman–Crippen MR) is 75.7 cm³/mol. The summed E-state index contributed by atoms with van der Waals surface area (Å²) >= 11 is 2.93. The van der Waals surface area contributed by atoms with Crippen molar-refractivity contribution in [1.29, 1.82) is 0 Å². The molecule has 0 bridgehead atoms. The van der Waals surface area contributed by atoms with E-state index in [1.807, 2.05) is 6.92 Å². The van der Waals surface area contributed by atoms with E-state index >= 15 is 0 Å². The van der Waals surface area contributed by atoms with E-state index in [1.165, 1.54) is 0 Å². The van der Waals surface area contributed by atoms with Crippen LogP contribution in [0.5, 0.6) is 0 Å². The van der Waals surface area contributed by atoms with Gasteiger partial charge in [-0.05, 0) is 41.1 Å². The number of pyridine rings is 1. The van der Waals surface area contributed by atoms with Gasteiger partial charge in [0.1, 0.15) is 23.3 Å². The summed E-state index contributed by atoms with van der Waals surface area (Å²) in [5.74, 6) is 0.0280. The van der Waals surface area contributed by atoms with Gasteiger partial charge in [0.25, 0.3) is 0 Å². The molecule has 0 saturated carbocycles. The molecule has 19 heavy (non-hydrogen) atoms. The van der Waals surface area contributed by atoms with Gasteiger partial charge in [-0.25, -0.2) is 13.8 Å². The van der Waals surface area contributed by atoms with Gasteiger partial charge in [0.05, 0.1) is 10.2 Å². The second kappa shape index (κ2) is 5.97. The lowest BCUT2D eigenvalue weighted by molar-refractivity contribution is 0.598. The van der Waals surface area contributed by atoms with E-state index in [0.29, 0.717) is 11.6 Å². The molecular weight excluding hydrogens is 316 g/mol. The lowest BCUT2D eigenvalue weighted by Gasteiger charge is -2.09. The van der Waals surface area contributed by atoms with Crippen LogP contribution in [0.15, 0.2) is 34.8 Å². The predicted octanol–water partition coefficient (Wildman–Crippen LogP) is 4.30. The number of benzene rings is 1. The van der Waals surface area contributed by atoms with Crippen LogP contribution < -0.4 is 10.6 Å². The topological polar surface area (TPSA) is 37.0 Å². The normalized spacial score (nSPS) is 10.3. The van der Waals surface area contributed by atoms with Crippen LogP contribution in [0.1, 0.15) is 6.92 Å². The first kappa shape index (κ1) is 13.7. The number of nitrogens with one attached hydrogen (secondary N) is 2. The number of anilines is 3. The Labute approximate surface area is 118 Å². The molecule has 0 saturated heterocycles. The van der Waals surface area contributed by atoms with Crippen molar-refractivity contribution in [1.82, 2.24) is 4.98 Å². The van der Waals surface area contributed by atoms with Gasteiger partial charge in [-0.3, -0.25) is 0 Å². The van der Waals surface area contributed by atoms with Crippen molar-refractivity contribution in [3.8, 4) is 0 Å². The number of halogens is 3. The molecule has 3 nitrogen and oxygen atoms in total. The van der Waals surface area contributed by atoms with Gasteiger partial charge in [-0.15, -0.1) is 0 Å². The number of hydrogen-bond donors (Lipinski definition) is 2. The van der Waals surface area contributed by atoms with Crippen LogP contribution in [-0.4, -0.2) is 11.5 Å². The van der Waals surface area contributed by atoms with Crippen LogP contribution in [0.25, 0.3) is 0 Å². The fraction of sp³-hybridized carbons (Fsp3) is 0.154. The number of rotatable bonds is 4.